The third kappa shape index (κ3) is 5.20. The minimum Gasteiger partial charge on any atom is -0.463 e. The highest BCUT2D eigenvalue weighted by molar-refractivity contribution is 7.89. The number of carbonyl (C=O) groups excluding carboxylic acids is 1. The van der Waals surface area contributed by atoms with Gasteiger partial charge in [-0.05, 0) is 18.8 Å². The average molecular weight is 395 g/mol. The van der Waals surface area contributed by atoms with E-state index >= 15 is 0 Å². The minimum atomic E-state index is -3.82. The van der Waals surface area contributed by atoms with Crippen molar-refractivity contribution in [3.8, 4) is 0 Å². The zero-order chi connectivity index (χ0) is 17.7. The third-order valence-electron chi connectivity index (χ3n) is 4.55. The first-order chi connectivity index (χ1) is 11.4. The fourth-order valence-corrected chi connectivity index (χ4v) is 4.79. The fourth-order valence-electron chi connectivity index (χ4n) is 3.22. The van der Waals surface area contributed by atoms with Gasteiger partial charge in [0.1, 0.15) is 10.7 Å². The van der Waals surface area contributed by atoms with Gasteiger partial charge in [0, 0.05) is 25.1 Å². The zero-order valence-electron chi connectivity index (χ0n) is 14.6. The molecule has 1 aromatic rings. The summed E-state index contributed by atoms with van der Waals surface area (Å²) in [6.45, 7) is 2.01. The highest BCUT2D eigenvalue weighted by Crippen LogP contribution is 2.28. The molecule has 1 aromatic heterocycles. The standard InChI is InChI=1S/C16H26N2O5S.ClH/c1-3-13-15(9-14(23-13)16(19)22-2)24(20,21)18-12(10-17)11-7-5-4-6-8-11;/h9,11-12,18H,3-8,10,17H2,1-2H3;1H. The van der Waals surface area contributed by atoms with Gasteiger partial charge in [-0.1, -0.05) is 26.2 Å². The molecule has 1 heterocycles. The molecule has 0 saturated heterocycles. The second-order valence-corrected chi connectivity index (χ2v) is 7.79. The van der Waals surface area contributed by atoms with Gasteiger partial charge in [0.05, 0.1) is 7.11 Å². The lowest BCUT2D eigenvalue weighted by molar-refractivity contribution is 0.0563. The number of halogens is 1. The number of sulfonamides is 1. The summed E-state index contributed by atoms with van der Waals surface area (Å²) in [5.74, 6) is -0.330. The van der Waals surface area contributed by atoms with E-state index in [4.69, 9.17) is 10.2 Å². The molecule has 2 rings (SSSR count). The number of ether oxygens (including phenoxy) is 1. The van der Waals surface area contributed by atoms with Crippen molar-refractivity contribution in [1.29, 1.82) is 0 Å². The fraction of sp³-hybridized carbons (Fsp3) is 0.688. The first-order valence-corrected chi connectivity index (χ1v) is 9.84. The van der Waals surface area contributed by atoms with Gasteiger partial charge in [-0.3, -0.25) is 0 Å². The van der Waals surface area contributed by atoms with Crippen LogP contribution in [0.3, 0.4) is 0 Å². The Balaban J connectivity index is 0.00000312. The maximum Gasteiger partial charge on any atom is 0.373 e. The second kappa shape index (κ2) is 9.56. The Hall–Kier alpha value is -1.09. The lowest BCUT2D eigenvalue weighted by atomic mass is 9.84. The molecule has 0 amide bonds. The maximum absolute atomic E-state index is 12.8. The van der Waals surface area contributed by atoms with Crippen LogP contribution in [0.1, 0.15) is 55.3 Å². The number of hydrogen-bond donors (Lipinski definition) is 2. The minimum absolute atomic E-state index is 0. The molecule has 1 fully saturated rings. The molecular formula is C16H27ClN2O5S. The molecule has 0 spiro atoms. The third-order valence-corrected chi connectivity index (χ3v) is 6.08. The highest BCUT2D eigenvalue weighted by atomic mass is 35.5. The highest BCUT2D eigenvalue weighted by Gasteiger charge is 2.31. The van der Waals surface area contributed by atoms with E-state index in [9.17, 15) is 13.2 Å². The van der Waals surface area contributed by atoms with Crippen LogP contribution in [0.2, 0.25) is 0 Å². The van der Waals surface area contributed by atoms with Crippen molar-refractivity contribution in [2.24, 2.45) is 11.7 Å². The molecule has 0 aromatic carbocycles. The molecule has 1 aliphatic rings. The first kappa shape index (κ1) is 22.0. The molecule has 1 atom stereocenters. The largest absolute Gasteiger partial charge is 0.463 e. The molecule has 0 radical (unpaired) electrons. The number of nitrogens with one attached hydrogen (secondary N) is 1. The Bertz CT molecular complexity index is 668. The van der Waals surface area contributed by atoms with Gasteiger partial charge in [-0.25, -0.2) is 17.9 Å². The van der Waals surface area contributed by atoms with Crippen molar-refractivity contribution in [2.45, 2.75) is 56.4 Å². The molecule has 0 bridgehead atoms. The number of methoxy groups -OCH3 is 1. The van der Waals surface area contributed by atoms with E-state index in [0.29, 0.717) is 6.42 Å². The zero-order valence-corrected chi connectivity index (χ0v) is 16.2. The summed E-state index contributed by atoms with van der Waals surface area (Å²) >= 11 is 0. The summed E-state index contributed by atoms with van der Waals surface area (Å²) in [6, 6.07) is 0.915. The van der Waals surface area contributed by atoms with E-state index < -0.39 is 16.0 Å². The monoisotopic (exact) mass is 394 g/mol. The van der Waals surface area contributed by atoms with Crippen LogP contribution in [0.25, 0.3) is 0 Å². The van der Waals surface area contributed by atoms with E-state index in [-0.39, 0.29) is 47.3 Å². The van der Waals surface area contributed by atoms with Gasteiger partial charge < -0.3 is 14.9 Å². The van der Waals surface area contributed by atoms with E-state index in [1.54, 1.807) is 6.92 Å². The van der Waals surface area contributed by atoms with Gasteiger partial charge >= 0.3 is 5.97 Å². The predicted octanol–water partition coefficient (Wildman–Crippen LogP) is 2.24. The predicted molar refractivity (Wildman–Crippen MR) is 96.4 cm³/mol. The molecule has 3 N–H and O–H groups in total. The van der Waals surface area contributed by atoms with Crippen LogP contribution in [-0.4, -0.2) is 34.1 Å². The van der Waals surface area contributed by atoms with Crippen molar-refractivity contribution in [3.63, 3.8) is 0 Å². The Labute approximate surface area is 155 Å². The number of aryl methyl sites for hydroxylation is 1. The molecule has 1 aliphatic carbocycles. The van der Waals surface area contributed by atoms with E-state index in [1.807, 2.05) is 0 Å². The number of furan rings is 1. The van der Waals surface area contributed by atoms with Crippen LogP contribution >= 0.6 is 12.4 Å². The summed E-state index contributed by atoms with van der Waals surface area (Å²) in [5, 5.41) is 0. The van der Waals surface area contributed by atoms with Crippen LogP contribution in [0.15, 0.2) is 15.4 Å². The SMILES string of the molecule is CCc1oc(C(=O)OC)cc1S(=O)(=O)NC(CN)C1CCCCC1.Cl. The first-order valence-electron chi connectivity index (χ1n) is 8.36. The van der Waals surface area contributed by atoms with Crippen molar-refractivity contribution < 1.29 is 22.4 Å². The van der Waals surface area contributed by atoms with E-state index in [1.165, 1.54) is 19.6 Å². The van der Waals surface area contributed by atoms with Crippen LogP contribution in [-0.2, 0) is 21.2 Å². The van der Waals surface area contributed by atoms with E-state index in [2.05, 4.69) is 9.46 Å². The molecule has 7 nitrogen and oxygen atoms in total. The molecule has 25 heavy (non-hydrogen) atoms. The second-order valence-electron chi connectivity index (χ2n) is 6.10. The molecule has 0 aliphatic heterocycles. The summed E-state index contributed by atoms with van der Waals surface area (Å²) in [6.07, 6.45) is 5.69. The van der Waals surface area contributed by atoms with Gasteiger partial charge in [0.2, 0.25) is 15.8 Å². The number of nitrogens with two attached hydrogens (primary N) is 1. The smallest absolute Gasteiger partial charge is 0.373 e. The topological polar surface area (TPSA) is 112 Å². The Morgan fingerprint density at radius 1 is 1.40 bits per heavy atom. The van der Waals surface area contributed by atoms with Crippen molar-refractivity contribution >= 4 is 28.4 Å². The number of esters is 1. The molecular weight excluding hydrogens is 368 g/mol. The Morgan fingerprint density at radius 3 is 2.56 bits per heavy atom. The van der Waals surface area contributed by atoms with Crippen LogP contribution < -0.4 is 10.5 Å². The summed E-state index contributed by atoms with van der Waals surface area (Å²) < 4.78 is 38.2. The van der Waals surface area contributed by atoms with Crippen LogP contribution in [0.5, 0.6) is 0 Å². The summed E-state index contributed by atoms with van der Waals surface area (Å²) in [4.78, 5) is 11.6. The van der Waals surface area contributed by atoms with Crippen molar-refractivity contribution in [2.75, 3.05) is 13.7 Å². The van der Waals surface area contributed by atoms with Crippen molar-refractivity contribution in [1.82, 2.24) is 4.72 Å². The number of hydrogen-bond acceptors (Lipinski definition) is 6. The molecule has 1 unspecified atom stereocenters. The lowest BCUT2D eigenvalue weighted by Crippen LogP contribution is -2.45. The van der Waals surface area contributed by atoms with Gasteiger partial charge in [0.15, 0.2) is 0 Å². The normalized spacial score (nSPS) is 16.9. The van der Waals surface area contributed by atoms with Gasteiger partial charge in [0.25, 0.3) is 0 Å². The van der Waals surface area contributed by atoms with Gasteiger partial charge in [-0.15, -0.1) is 12.4 Å². The van der Waals surface area contributed by atoms with Crippen LogP contribution in [0, 0.1) is 5.92 Å². The molecule has 1 saturated carbocycles. The Kier molecular flexibility index (Phi) is 8.40. The molecule has 9 heteroatoms. The van der Waals surface area contributed by atoms with Crippen LogP contribution in [0.4, 0.5) is 0 Å². The number of rotatable bonds is 7. The lowest BCUT2D eigenvalue weighted by Gasteiger charge is -2.29. The Morgan fingerprint density at radius 2 is 2.04 bits per heavy atom. The average Bonchev–Trinajstić information content (AvgIpc) is 3.05. The molecule has 144 valence electrons. The number of carbonyl (C=O) groups is 1. The van der Waals surface area contributed by atoms with Gasteiger partial charge in [-0.2, -0.15) is 0 Å². The quantitative estimate of drug-likeness (QED) is 0.686. The maximum atomic E-state index is 12.8. The van der Waals surface area contributed by atoms with Crippen molar-refractivity contribution in [3.05, 3.63) is 17.6 Å². The summed E-state index contributed by atoms with van der Waals surface area (Å²) in [5.41, 5.74) is 5.81. The summed E-state index contributed by atoms with van der Waals surface area (Å²) in [7, 11) is -2.60. The van der Waals surface area contributed by atoms with E-state index in [0.717, 1.165) is 25.7 Å².